The van der Waals surface area contributed by atoms with E-state index >= 15 is 0 Å². The maximum absolute atomic E-state index is 9.63. The Bertz CT molecular complexity index is 1060. The van der Waals surface area contributed by atoms with Crippen LogP contribution in [-0.4, -0.2) is 40.7 Å². The summed E-state index contributed by atoms with van der Waals surface area (Å²) >= 11 is 0. The van der Waals surface area contributed by atoms with Crippen molar-refractivity contribution in [3.8, 4) is 0 Å². The average Bonchev–Trinajstić information content (AvgIpc) is 3.25. The van der Waals surface area contributed by atoms with Crippen molar-refractivity contribution >= 4 is 11.1 Å². The Morgan fingerprint density at radius 3 is 2.60 bits per heavy atom. The van der Waals surface area contributed by atoms with Gasteiger partial charge in [0.2, 0.25) is 11.1 Å². The lowest BCUT2D eigenvalue weighted by atomic mass is 9.75. The van der Waals surface area contributed by atoms with Gasteiger partial charge in [0.05, 0.1) is 19.8 Å². The van der Waals surface area contributed by atoms with E-state index in [-0.39, 0.29) is 6.61 Å². The van der Waals surface area contributed by atoms with Crippen molar-refractivity contribution < 1.29 is 19.0 Å². The monoisotopic (exact) mass is 411 g/mol. The maximum Gasteiger partial charge on any atom is 0.244 e. The second-order valence-corrected chi connectivity index (χ2v) is 7.93. The first-order valence-corrected chi connectivity index (χ1v) is 10.6. The molecule has 1 saturated carbocycles. The molecule has 1 fully saturated rings. The molecule has 0 aliphatic heterocycles. The second-order valence-electron chi connectivity index (χ2n) is 7.93. The Morgan fingerprint density at radius 1 is 1.10 bits per heavy atom. The number of nitrogens with two attached hydrogens (primary N) is 1. The third-order valence-electron chi connectivity index (χ3n) is 5.73. The number of hydrogen-bond acceptors (Lipinski definition) is 7. The number of hydrogen-bond donors (Lipinski definition) is 2. The van der Waals surface area contributed by atoms with Gasteiger partial charge in [0.15, 0.2) is 5.76 Å². The molecule has 1 atom stereocenters. The standard InChI is InChI=1S/C23H29N3O4/c1-3-28-19-8-7-17(12-20(19)29-4-2)22-26-25-21(30-22)16-6-5-15-9-10-23(24,14-27)13-18(15)11-16/h5,7-8,11,27H,3-4,6,9-10,12-14,24H2,1-2H3/t23-/m0/s1. The van der Waals surface area contributed by atoms with Gasteiger partial charge in [0.1, 0.15) is 5.76 Å². The van der Waals surface area contributed by atoms with Crippen molar-refractivity contribution in [1.82, 2.24) is 10.2 Å². The molecule has 1 aromatic rings. The van der Waals surface area contributed by atoms with Crippen LogP contribution in [0.25, 0.3) is 11.1 Å². The minimum absolute atomic E-state index is 0.0122. The zero-order chi connectivity index (χ0) is 21.1. The molecular formula is C23H29N3O4. The number of aliphatic hydroxyl groups excluding tert-OH is 1. The molecule has 30 heavy (non-hydrogen) atoms. The summed E-state index contributed by atoms with van der Waals surface area (Å²) in [6, 6.07) is 0. The molecule has 1 aromatic heterocycles. The number of ether oxygens (including phenoxy) is 2. The van der Waals surface area contributed by atoms with Gasteiger partial charge in [-0.15, -0.1) is 10.2 Å². The highest BCUT2D eigenvalue weighted by Crippen LogP contribution is 2.38. The van der Waals surface area contributed by atoms with Gasteiger partial charge in [-0.1, -0.05) is 6.08 Å². The van der Waals surface area contributed by atoms with Crippen LogP contribution >= 0.6 is 0 Å². The van der Waals surface area contributed by atoms with E-state index in [1.54, 1.807) is 0 Å². The summed E-state index contributed by atoms with van der Waals surface area (Å²) in [6.07, 6.45) is 11.8. The molecular weight excluding hydrogens is 382 g/mol. The van der Waals surface area contributed by atoms with E-state index in [0.29, 0.717) is 37.1 Å². The third-order valence-corrected chi connectivity index (χ3v) is 5.73. The number of fused-ring (bicyclic) bond motifs is 1. The molecule has 160 valence electrons. The Kier molecular flexibility index (Phi) is 5.92. The van der Waals surface area contributed by atoms with Crippen LogP contribution in [0, 0.1) is 0 Å². The lowest BCUT2D eigenvalue weighted by Gasteiger charge is -2.35. The SMILES string of the molecule is CCOC1=C(OCC)CC(=c2nnc(=C3C=C4C[C@](N)(CO)CCC4=CC3)o2)C=C1. The van der Waals surface area contributed by atoms with Crippen molar-refractivity contribution in [3.05, 3.63) is 58.1 Å². The first-order chi connectivity index (χ1) is 14.5. The summed E-state index contributed by atoms with van der Waals surface area (Å²) in [7, 11) is 0. The van der Waals surface area contributed by atoms with E-state index in [2.05, 4.69) is 22.3 Å². The molecule has 0 bridgehead atoms. The molecule has 0 amide bonds. The van der Waals surface area contributed by atoms with E-state index in [1.807, 2.05) is 26.0 Å². The van der Waals surface area contributed by atoms with Crippen molar-refractivity contribution in [2.45, 2.75) is 51.5 Å². The van der Waals surface area contributed by atoms with Crippen LogP contribution in [0.15, 0.2) is 51.4 Å². The van der Waals surface area contributed by atoms with E-state index in [1.165, 1.54) is 5.57 Å². The molecule has 1 heterocycles. The molecule has 0 spiro atoms. The Labute approximate surface area is 176 Å². The van der Waals surface area contributed by atoms with Crippen molar-refractivity contribution in [1.29, 1.82) is 0 Å². The molecule has 0 saturated heterocycles. The highest BCUT2D eigenvalue weighted by atomic mass is 16.5. The summed E-state index contributed by atoms with van der Waals surface area (Å²) < 4.78 is 17.4. The van der Waals surface area contributed by atoms with E-state index in [4.69, 9.17) is 19.6 Å². The van der Waals surface area contributed by atoms with Gasteiger partial charge in [-0.25, -0.2) is 0 Å². The average molecular weight is 412 g/mol. The highest BCUT2D eigenvalue weighted by molar-refractivity contribution is 5.64. The molecule has 3 aliphatic rings. The minimum atomic E-state index is -0.547. The van der Waals surface area contributed by atoms with Crippen molar-refractivity contribution in [2.24, 2.45) is 5.73 Å². The van der Waals surface area contributed by atoms with Gasteiger partial charge in [-0.3, -0.25) is 0 Å². The predicted octanol–water partition coefficient (Wildman–Crippen LogP) is 1.75. The lowest BCUT2D eigenvalue weighted by Crippen LogP contribution is -2.46. The van der Waals surface area contributed by atoms with E-state index in [0.717, 1.165) is 47.5 Å². The Morgan fingerprint density at radius 2 is 1.87 bits per heavy atom. The fourth-order valence-electron chi connectivity index (χ4n) is 4.09. The van der Waals surface area contributed by atoms with Crippen LogP contribution in [0.5, 0.6) is 0 Å². The minimum Gasteiger partial charge on any atom is -0.494 e. The van der Waals surface area contributed by atoms with Gasteiger partial charge < -0.3 is 24.7 Å². The second kappa shape index (κ2) is 8.62. The molecule has 0 aromatic carbocycles. The number of aromatic nitrogens is 2. The van der Waals surface area contributed by atoms with Crippen LogP contribution in [0.4, 0.5) is 0 Å². The number of nitrogens with zero attached hydrogens (tertiary/aromatic N) is 2. The highest BCUT2D eigenvalue weighted by Gasteiger charge is 2.32. The molecule has 4 rings (SSSR count). The fraction of sp³-hybridized carbons (Fsp3) is 0.478. The first-order valence-electron chi connectivity index (χ1n) is 10.6. The largest absolute Gasteiger partial charge is 0.494 e. The zero-order valence-electron chi connectivity index (χ0n) is 17.6. The van der Waals surface area contributed by atoms with E-state index in [9.17, 15) is 5.11 Å². The molecule has 7 nitrogen and oxygen atoms in total. The van der Waals surface area contributed by atoms with Crippen LogP contribution in [0.1, 0.15) is 46.0 Å². The molecule has 7 heteroatoms. The van der Waals surface area contributed by atoms with Crippen molar-refractivity contribution in [2.75, 3.05) is 19.8 Å². The van der Waals surface area contributed by atoms with Crippen LogP contribution < -0.4 is 16.8 Å². The van der Waals surface area contributed by atoms with Gasteiger partial charge in [0, 0.05) is 23.1 Å². The Hall–Kier alpha value is -2.64. The van der Waals surface area contributed by atoms with Gasteiger partial charge in [-0.05, 0) is 68.9 Å². The third kappa shape index (κ3) is 4.13. The van der Waals surface area contributed by atoms with Gasteiger partial charge in [-0.2, -0.15) is 0 Å². The van der Waals surface area contributed by atoms with Crippen LogP contribution in [-0.2, 0) is 9.47 Å². The topological polar surface area (TPSA) is 104 Å². The fourth-order valence-corrected chi connectivity index (χ4v) is 4.09. The summed E-state index contributed by atoms with van der Waals surface area (Å²) in [5.41, 5.74) is 11.1. The first kappa shape index (κ1) is 20.6. The van der Waals surface area contributed by atoms with Crippen LogP contribution in [0.3, 0.4) is 0 Å². The maximum atomic E-state index is 9.63. The zero-order valence-corrected chi connectivity index (χ0v) is 17.6. The van der Waals surface area contributed by atoms with Gasteiger partial charge >= 0.3 is 0 Å². The molecule has 3 N–H and O–H groups in total. The molecule has 0 radical (unpaired) electrons. The predicted molar refractivity (Wildman–Crippen MR) is 113 cm³/mol. The number of allylic oxidation sites excluding steroid dienone is 6. The molecule has 3 aliphatic carbocycles. The van der Waals surface area contributed by atoms with Crippen molar-refractivity contribution in [3.63, 3.8) is 0 Å². The lowest BCUT2D eigenvalue weighted by molar-refractivity contribution is 0.171. The quantitative estimate of drug-likeness (QED) is 0.761. The summed E-state index contributed by atoms with van der Waals surface area (Å²) in [5.74, 6) is 1.53. The normalized spacial score (nSPS) is 27.5. The smallest absolute Gasteiger partial charge is 0.244 e. The number of rotatable bonds is 5. The summed E-state index contributed by atoms with van der Waals surface area (Å²) in [5, 5.41) is 18.2. The Balaban J connectivity index is 1.66. The summed E-state index contributed by atoms with van der Waals surface area (Å²) in [6.45, 7) is 5.04. The summed E-state index contributed by atoms with van der Waals surface area (Å²) in [4.78, 5) is 0. The molecule has 0 unspecified atom stereocenters. The van der Waals surface area contributed by atoms with Crippen LogP contribution in [0.2, 0.25) is 0 Å². The van der Waals surface area contributed by atoms with E-state index < -0.39 is 5.54 Å². The number of aliphatic hydroxyl groups is 1. The van der Waals surface area contributed by atoms with Gasteiger partial charge in [0.25, 0.3) is 0 Å².